The number of hydrogen-bond acceptors (Lipinski definition) is 5. The fourth-order valence-corrected chi connectivity index (χ4v) is 1.45. The predicted molar refractivity (Wildman–Crippen MR) is 62.2 cm³/mol. The average Bonchev–Trinajstić information content (AvgIpc) is 2.81. The molecule has 1 aromatic carbocycles. The van der Waals surface area contributed by atoms with Gasteiger partial charge in [-0.15, -0.1) is 15.0 Å². The second-order valence-corrected chi connectivity index (χ2v) is 3.22. The van der Waals surface area contributed by atoms with Gasteiger partial charge in [-0.3, -0.25) is 0 Å². The number of aromatic nitrogens is 3. The largest absolute Gasteiger partial charge is 0.494 e. The Kier molecular flexibility index (Phi) is 2.92. The van der Waals surface area contributed by atoms with Crippen LogP contribution in [0.4, 0.5) is 5.82 Å². The summed E-state index contributed by atoms with van der Waals surface area (Å²) in [5.41, 5.74) is 0.936. The van der Waals surface area contributed by atoms with Gasteiger partial charge < -0.3 is 10.1 Å². The van der Waals surface area contributed by atoms with Gasteiger partial charge in [0.2, 0.25) is 5.69 Å². The summed E-state index contributed by atoms with van der Waals surface area (Å²) in [6.07, 6.45) is 0. The van der Waals surface area contributed by atoms with Crippen molar-refractivity contribution in [2.24, 2.45) is 0 Å². The van der Waals surface area contributed by atoms with E-state index in [-0.39, 0.29) is 5.69 Å². The molecular formula is C11H11N5O. The summed E-state index contributed by atoms with van der Waals surface area (Å²) in [5, 5.41) is 20.0. The standard InChI is InChI=1S/C11H11N5O/c1-13-11-8(7-12)14-16(15-11)9-5-3-4-6-10(9)17-2/h3-6H,1-2H3,(H,13,15). The van der Waals surface area contributed by atoms with Crippen LogP contribution in [0.5, 0.6) is 5.75 Å². The first-order valence-electron chi connectivity index (χ1n) is 4.98. The lowest BCUT2D eigenvalue weighted by Crippen LogP contribution is -2.02. The molecule has 2 rings (SSSR count). The van der Waals surface area contributed by atoms with Crippen LogP contribution in [0.3, 0.4) is 0 Å². The van der Waals surface area contributed by atoms with Gasteiger partial charge in [0.05, 0.1) is 7.11 Å². The van der Waals surface area contributed by atoms with Gasteiger partial charge in [0.25, 0.3) is 0 Å². The third-order valence-electron chi connectivity index (χ3n) is 2.26. The van der Waals surface area contributed by atoms with Crippen molar-refractivity contribution in [3.05, 3.63) is 30.0 Å². The number of para-hydroxylation sites is 2. The first-order chi connectivity index (χ1) is 8.30. The SMILES string of the molecule is CNc1nn(-c2ccccc2OC)nc1C#N. The zero-order chi connectivity index (χ0) is 12.3. The second kappa shape index (κ2) is 4.53. The van der Waals surface area contributed by atoms with Gasteiger partial charge in [-0.2, -0.15) is 5.26 Å². The molecular weight excluding hydrogens is 218 g/mol. The predicted octanol–water partition coefficient (Wildman–Crippen LogP) is 1.19. The normalized spacial score (nSPS) is 9.71. The molecule has 1 aromatic heterocycles. The molecule has 0 saturated carbocycles. The number of nitriles is 1. The smallest absolute Gasteiger partial charge is 0.207 e. The number of nitrogens with one attached hydrogen (secondary N) is 1. The molecule has 6 heteroatoms. The number of benzene rings is 1. The fourth-order valence-electron chi connectivity index (χ4n) is 1.45. The lowest BCUT2D eigenvalue weighted by Gasteiger charge is -2.05. The Morgan fingerprint density at radius 3 is 2.71 bits per heavy atom. The van der Waals surface area contributed by atoms with Gasteiger partial charge in [0.1, 0.15) is 17.5 Å². The van der Waals surface area contributed by atoms with Gasteiger partial charge in [-0.1, -0.05) is 12.1 Å². The molecule has 0 atom stereocenters. The molecule has 1 N–H and O–H groups in total. The topological polar surface area (TPSA) is 75.8 Å². The third-order valence-corrected chi connectivity index (χ3v) is 2.26. The van der Waals surface area contributed by atoms with E-state index in [4.69, 9.17) is 10.00 Å². The van der Waals surface area contributed by atoms with E-state index in [0.29, 0.717) is 17.3 Å². The van der Waals surface area contributed by atoms with Crippen LogP contribution in [0.15, 0.2) is 24.3 Å². The van der Waals surface area contributed by atoms with E-state index < -0.39 is 0 Å². The van der Waals surface area contributed by atoms with Crippen LogP contribution in [-0.2, 0) is 0 Å². The molecule has 17 heavy (non-hydrogen) atoms. The Morgan fingerprint density at radius 1 is 1.35 bits per heavy atom. The summed E-state index contributed by atoms with van der Waals surface area (Å²) in [6.45, 7) is 0. The summed E-state index contributed by atoms with van der Waals surface area (Å²) in [5.74, 6) is 1.09. The first-order valence-corrected chi connectivity index (χ1v) is 4.98. The van der Waals surface area contributed by atoms with Gasteiger partial charge in [-0.25, -0.2) is 0 Å². The fraction of sp³-hybridized carbons (Fsp3) is 0.182. The molecule has 0 amide bonds. The van der Waals surface area contributed by atoms with E-state index in [1.165, 1.54) is 4.80 Å². The Morgan fingerprint density at radius 2 is 2.12 bits per heavy atom. The summed E-state index contributed by atoms with van der Waals surface area (Å²) in [6, 6.07) is 9.32. The highest BCUT2D eigenvalue weighted by molar-refractivity contribution is 5.50. The van der Waals surface area contributed by atoms with E-state index in [2.05, 4.69) is 15.5 Å². The lowest BCUT2D eigenvalue weighted by molar-refractivity contribution is 0.410. The van der Waals surface area contributed by atoms with Crippen LogP contribution >= 0.6 is 0 Å². The van der Waals surface area contributed by atoms with Crippen molar-refractivity contribution in [3.8, 4) is 17.5 Å². The molecule has 86 valence electrons. The summed E-state index contributed by atoms with van der Waals surface area (Å²) < 4.78 is 5.21. The van der Waals surface area contributed by atoms with Crippen molar-refractivity contribution in [1.29, 1.82) is 5.26 Å². The lowest BCUT2D eigenvalue weighted by atomic mass is 10.3. The second-order valence-electron chi connectivity index (χ2n) is 3.22. The van der Waals surface area contributed by atoms with Crippen LogP contribution < -0.4 is 10.1 Å². The van der Waals surface area contributed by atoms with Gasteiger partial charge in [0.15, 0.2) is 5.82 Å². The van der Waals surface area contributed by atoms with E-state index in [1.807, 2.05) is 30.3 Å². The molecule has 0 bridgehead atoms. The van der Waals surface area contributed by atoms with Crippen molar-refractivity contribution in [3.63, 3.8) is 0 Å². The van der Waals surface area contributed by atoms with Crippen molar-refractivity contribution in [2.45, 2.75) is 0 Å². The van der Waals surface area contributed by atoms with Crippen molar-refractivity contribution >= 4 is 5.82 Å². The number of hydrogen-bond donors (Lipinski definition) is 1. The van der Waals surface area contributed by atoms with Gasteiger partial charge >= 0.3 is 0 Å². The maximum Gasteiger partial charge on any atom is 0.207 e. The van der Waals surface area contributed by atoms with Crippen molar-refractivity contribution in [2.75, 3.05) is 19.5 Å². The molecule has 0 radical (unpaired) electrons. The summed E-state index contributed by atoms with van der Waals surface area (Å²) in [4.78, 5) is 1.38. The maximum atomic E-state index is 8.90. The molecule has 0 aliphatic heterocycles. The van der Waals surface area contributed by atoms with Crippen LogP contribution in [0, 0.1) is 11.3 Å². The molecule has 0 spiro atoms. The zero-order valence-corrected chi connectivity index (χ0v) is 9.51. The Hall–Kier alpha value is -2.55. The van der Waals surface area contributed by atoms with Crippen LogP contribution in [-0.4, -0.2) is 29.2 Å². The monoisotopic (exact) mass is 229 g/mol. The van der Waals surface area contributed by atoms with Crippen molar-refractivity contribution in [1.82, 2.24) is 15.0 Å². The Labute approximate surface area is 98.4 Å². The van der Waals surface area contributed by atoms with E-state index in [0.717, 1.165) is 0 Å². The van der Waals surface area contributed by atoms with E-state index >= 15 is 0 Å². The highest BCUT2D eigenvalue weighted by Crippen LogP contribution is 2.21. The molecule has 0 fully saturated rings. The van der Waals surface area contributed by atoms with Crippen LogP contribution in [0.1, 0.15) is 5.69 Å². The molecule has 0 aliphatic carbocycles. The third kappa shape index (κ3) is 1.90. The minimum absolute atomic E-state index is 0.249. The summed E-state index contributed by atoms with van der Waals surface area (Å²) >= 11 is 0. The summed E-state index contributed by atoms with van der Waals surface area (Å²) in [7, 11) is 3.27. The molecule has 2 aromatic rings. The highest BCUT2D eigenvalue weighted by Gasteiger charge is 2.12. The Bertz CT molecular complexity index is 569. The first kappa shape index (κ1) is 11.0. The number of ether oxygens (including phenoxy) is 1. The molecule has 0 aliphatic rings. The van der Waals surface area contributed by atoms with E-state index in [1.54, 1.807) is 14.2 Å². The Balaban J connectivity index is 2.54. The minimum atomic E-state index is 0.249. The van der Waals surface area contributed by atoms with E-state index in [9.17, 15) is 0 Å². The van der Waals surface area contributed by atoms with Gasteiger partial charge in [-0.05, 0) is 12.1 Å². The number of rotatable bonds is 3. The maximum absolute atomic E-state index is 8.90. The van der Waals surface area contributed by atoms with Crippen LogP contribution in [0.25, 0.3) is 5.69 Å². The van der Waals surface area contributed by atoms with Crippen molar-refractivity contribution < 1.29 is 4.74 Å². The molecule has 0 saturated heterocycles. The molecule has 1 heterocycles. The number of nitrogens with zero attached hydrogens (tertiary/aromatic N) is 4. The number of methoxy groups -OCH3 is 1. The minimum Gasteiger partial charge on any atom is -0.494 e. The number of anilines is 1. The quantitative estimate of drug-likeness (QED) is 0.855. The van der Waals surface area contributed by atoms with Crippen LogP contribution in [0.2, 0.25) is 0 Å². The molecule has 0 unspecified atom stereocenters. The molecule has 6 nitrogen and oxygen atoms in total. The van der Waals surface area contributed by atoms with Gasteiger partial charge in [0, 0.05) is 7.05 Å². The zero-order valence-electron chi connectivity index (χ0n) is 9.51. The average molecular weight is 229 g/mol. The highest BCUT2D eigenvalue weighted by atomic mass is 16.5.